The van der Waals surface area contributed by atoms with Crippen molar-refractivity contribution in [3.05, 3.63) is 59.2 Å². The molecule has 148 valence electrons. The number of ether oxygens (including phenoxy) is 2. The first-order valence-corrected chi connectivity index (χ1v) is 9.72. The van der Waals surface area contributed by atoms with Gasteiger partial charge in [-0.1, -0.05) is 30.3 Å². The molecule has 0 unspecified atom stereocenters. The molecule has 0 atom stereocenters. The number of benzene rings is 2. The van der Waals surface area contributed by atoms with Gasteiger partial charge in [0.15, 0.2) is 11.5 Å². The first-order valence-electron chi connectivity index (χ1n) is 9.72. The summed E-state index contributed by atoms with van der Waals surface area (Å²) in [7, 11) is 3.22. The van der Waals surface area contributed by atoms with Gasteiger partial charge in [-0.2, -0.15) is 0 Å². The van der Waals surface area contributed by atoms with Crippen LogP contribution in [0.5, 0.6) is 11.5 Å². The second-order valence-electron chi connectivity index (χ2n) is 7.40. The van der Waals surface area contributed by atoms with Crippen molar-refractivity contribution in [2.24, 2.45) is 0 Å². The molecule has 0 bridgehead atoms. The van der Waals surface area contributed by atoms with E-state index < -0.39 is 0 Å². The van der Waals surface area contributed by atoms with Crippen LogP contribution in [0.25, 0.3) is 0 Å². The molecule has 2 amide bonds. The van der Waals surface area contributed by atoms with Crippen molar-refractivity contribution in [3.8, 4) is 11.5 Å². The Bertz CT molecular complexity index is 849. The molecule has 0 saturated carbocycles. The van der Waals surface area contributed by atoms with Crippen molar-refractivity contribution in [2.75, 3.05) is 33.9 Å². The van der Waals surface area contributed by atoms with Crippen molar-refractivity contribution in [3.63, 3.8) is 0 Å². The lowest BCUT2D eigenvalue weighted by Crippen LogP contribution is -2.63. The van der Waals surface area contributed by atoms with Crippen LogP contribution in [-0.4, -0.2) is 55.7 Å². The van der Waals surface area contributed by atoms with Crippen LogP contribution in [0.2, 0.25) is 0 Å². The summed E-state index contributed by atoms with van der Waals surface area (Å²) in [5, 5.41) is 3.00. The molecule has 2 aromatic rings. The van der Waals surface area contributed by atoms with Crippen LogP contribution in [0.15, 0.2) is 42.5 Å². The zero-order valence-electron chi connectivity index (χ0n) is 16.5. The van der Waals surface area contributed by atoms with E-state index in [1.54, 1.807) is 14.2 Å². The number of rotatable bonds is 5. The quantitative estimate of drug-likeness (QED) is 0.865. The molecule has 0 radical (unpaired) electrons. The SMILES string of the molecule is COc1ccc(CNC(=O)N2CC(N3CCc4ccccc4C3)C2)cc1OC. The second kappa shape index (κ2) is 8.10. The smallest absolute Gasteiger partial charge is 0.317 e. The number of fused-ring (bicyclic) bond motifs is 1. The molecular weight excluding hydrogens is 354 g/mol. The molecule has 0 spiro atoms. The third-order valence-electron chi connectivity index (χ3n) is 5.72. The number of hydrogen-bond acceptors (Lipinski definition) is 4. The van der Waals surface area contributed by atoms with Gasteiger partial charge in [-0.15, -0.1) is 0 Å². The predicted octanol–water partition coefficient (Wildman–Crippen LogP) is 2.66. The number of urea groups is 1. The summed E-state index contributed by atoms with van der Waals surface area (Å²) in [6.45, 7) is 4.11. The number of amides is 2. The van der Waals surface area contributed by atoms with Crippen molar-refractivity contribution in [1.29, 1.82) is 0 Å². The summed E-state index contributed by atoms with van der Waals surface area (Å²) in [4.78, 5) is 16.8. The van der Waals surface area contributed by atoms with E-state index >= 15 is 0 Å². The van der Waals surface area contributed by atoms with E-state index in [1.165, 1.54) is 11.1 Å². The maximum absolute atomic E-state index is 12.4. The fraction of sp³-hybridized carbons (Fsp3) is 0.409. The van der Waals surface area contributed by atoms with Gasteiger partial charge in [-0.3, -0.25) is 4.90 Å². The van der Waals surface area contributed by atoms with Gasteiger partial charge in [-0.25, -0.2) is 4.79 Å². The van der Waals surface area contributed by atoms with Gasteiger partial charge < -0.3 is 19.7 Å². The molecule has 0 aromatic heterocycles. The summed E-state index contributed by atoms with van der Waals surface area (Å²) in [5.74, 6) is 1.36. The standard InChI is InChI=1S/C22H27N3O3/c1-27-20-8-7-16(11-21(20)28-2)12-23-22(26)25-14-19(15-25)24-10-9-17-5-3-4-6-18(17)13-24/h3-8,11,19H,9-10,12-15H2,1-2H3,(H,23,26). The molecule has 6 nitrogen and oxygen atoms in total. The topological polar surface area (TPSA) is 54.0 Å². The lowest BCUT2D eigenvalue weighted by atomic mass is 9.97. The maximum atomic E-state index is 12.4. The predicted molar refractivity (Wildman–Crippen MR) is 108 cm³/mol. The van der Waals surface area contributed by atoms with Crippen LogP contribution in [-0.2, 0) is 19.5 Å². The fourth-order valence-electron chi connectivity index (χ4n) is 3.96. The summed E-state index contributed by atoms with van der Waals surface area (Å²) in [6.07, 6.45) is 1.10. The minimum atomic E-state index is -0.0107. The Balaban J connectivity index is 1.26. The van der Waals surface area contributed by atoms with E-state index in [9.17, 15) is 4.79 Å². The monoisotopic (exact) mass is 381 g/mol. The third-order valence-corrected chi connectivity index (χ3v) is 5.72. The molecule has 1 saturated heterocycles. The number of nitrogens with one attached hydrogen (secondary N) is 1. The Kier molecular flexibility index (Phi) is 5.39. The van der Waals surface area contributed by atoms with E-state index in [0.717, 1.165) is 38.2 Å². The van der Waals surface area contributed by atoms with Gasteiger partial charge in [-0.05, 0) is 35.2 Å². The van der Waals surface area contributed by atoms with Crippen LogP contribution in [0.4, 0.5) is 4.79 Å². The molecular formula is C22H27N3O3. The molecule has 1 N–H and O–H groups in total. The van der Waals surface area contributed by atoms with E-state index in [-0.39, 0.29) is 6.03 Å². The molecule has 28 heavy (non-hydrogen) atoms. The van der Waals surface area contributed by atoms with Gasteiger partial charge in [0.2, 0.25) is 0 Å². The molecule has 0 aliphatic carbocycles. The van der Waals surface area contributed by atoms with Crippen molar-refractivity contribution in [1.82, 2.24) is 15.1 Å². The number of carbonyl (C=O) groups excluding carboxylic acids is 1. The van der Waals surface area contributed by atoms with Gasteiger partial charge in [0.05, 0.1) is 14.2 Å². The number of likely N-dealkylation sites (tertiary alicyclic amines) is 1. The Morgan fingerprint density at radius 1 is 1.07 bits per heavy atom. The number of methoxy groups -OCH3 is 2. The average Bonchev–Trinajstić information content (AvgIpc) is 2.70. The highest BCUT2D eigenvalue weighted by Crippen LogP contribution is 2.28. The fourth-order valence-corrected chi connectivity index (χ4v) is 3.96. The van der Waals surface area contributed by atoms with Crippen LogP contribution in [0.3, 0.4) is 0 Å². The molecule has 2 aliphatic rings. The van der Waals surface area contributed by atoms with E-state index in [2.05, 4.69) is 34.5 Å². The summed E-state index contributed by atoms with van der Waals surface area (Å²) in [6, 6.07) is 14.8. The highest BCUT2D eigenvalue weighted by atomic mass is 16.5. The molecule has 2 heterocycles. The lowest BCUT2D eigenvalue weighted by Gasteiger charge is -2.46. The lowest BCUT2D eigenvalue weighted by molar-refractivity contribution is 0.0482. The Morgan fingerprint density at radius 3 is 2.57 bits per heavy atom. The molecule has 2 aromatic carbocycles. The maximum Gasteiger partial charge on any atom is 0.317 e. The minimum absolute atomic E-state index is 0.0107. The van der Waals surface area contributed by atoms with Gasteiger partial charge >= 0.3 is 6.03 Å². The highest BCUT2D eigenvalue weighted by Gasteiger charge is 2.35. The average molecular weight is 381 g/mol. The first-order chi connectivity index (χ1) is 13.7. The van der Waals surface area contributed by atoms with Crippen molar-refractivity contribution < 1.29 is 14.3 Å². The van der Waals surface area contributed by atoms with E-state index in [1.807, 2.05) is 23.1 Å². The summed E-state index contributed by atoms with van der Waals surface area (Å²) >= 11 is 0. The normalized spacial score (nSPS) is 16.9. The number of nitrogens with zero attached hydrogens (tertiary/aromatic N) is 2. The zero-order valence-corrected chi connectivity index (χ0v) is 16.5. The van der Waals surface area contributed by atoms with Crippen LogP contribution in [0.1, 0.15) is 16.7 Å². The van der Waals surface area contributed by atoms with Crippen LogP contribution >= 0.6 is 0 Å². The van der Waals surface area contributed by atoms with Gasteiger partial charge in [0, 0.05) is 38.8 Å². The Hall–Kier alpha value is -2.73. The van der Waals surface area contributed by atoms with E-state index in [4.69, 9.17) is 9.47 Å². The zero-order chi connectivity index (χ0) is 19.5. The third kappa shape index (κ3) is 3.78. The number of carbonyl (C=O) groups is 1. The molecule has 6 heteroatoms. The summed E-state index contributed by atoms with van der Waals surface area (Å²) < 4.78 is 10.6. The molecule has 4 rings (SSSR count). The molecule has 2 aliphatic heterocycles. The minimum Gasteiger partial charge on any atom is -0.493 e. The number of hydrogen-bond donors (Lipinski definition) is 1. The van der Waals surface area contributed by atoms with Crippen molar-refractivity contribution >= 4 is 6.03 Å². The van der Waals surface area contributed by atoms with Crippen LogP contribution in [0, 0.1) is 0 Å². The van der Waals surface area contributed by atoms with Gasteiger partial charge in [0.25, 0.3) is 0 Å². The van der Waals surface area contributed by atoms with Crippen molar-refractivity contribution in [2.45, 2.75) is 25.6 Å². The first kappa shape index (κ1) is 18.6. The van der Waals surface area contributed by atoms with Crippen LogP contribution < -0.4 is 14.8 Å². The Labute approximate surface area is 166 Å². The summed E-state index contributed by atoms with van der Waals surface area (Å²) in [5.41, 5.74) is 3.86. The van der Waals surface area contributed by atoms with E-state index in [0.29, 0.717) is 24.1 Å². The second-order valence-corrected chi connectivity index (χ2v) is 7.40. The largest absolute Gasteiger partial charge is 0.493 e. The highest BCUT2D eigenvalue weighted by molar-refractivity contribution is 5.75. The van der Waals surface area contributed by atoms with Gasteiger partial charge in [0.1, 0.15) is 0 Å². The molecule has 1 fully saturated rings. The Morgan fingerprint density at radius 2 is 1.82 bits per heavy atom.